The summed E-state index contributed by atoms with van der Waals surface area (Å²) in [5.41, 5.74) is 1.10. The maximum Gasteiger partial charge on any atom is 0.294 e. The molecule has 0 spiro atoms. The van der Waals surface area contributed by atoms with E-state index in [0.717, 1.165) is 5.76 Å². The van der Waals surface area contributed by atoms with Crippen LogP contribution < -0.4 is 15.8 Å². The summed E-state index contributed by atoms with van der Waals surface area (Å²) in [6.07, 6.45) is 5.34. The zero-order chi connectivity index (χ0) is 20.4. The molecule has 0 radical (unpaired) electrons. The van der Waals surface area contributed by atoms with Crippen LogP contribution in [0.25, 0.3) is 11.2 Å². The van der Waals surface area contributed by atoms with Crippen molar-refractivity contribution in [3.05, 3.63) is 52.8 Å². The summed E-state index contributed by atoms with van der Waals surface area (Å²) in [5.74, 6) is 1.29. The number of furan rings is 1. The molecule has 0 bridgehead atoms. The third kappa shape index (κ3) is 4.01. The lowest BCUT2D eigenvalue weighted by molar-refractivity contribution is -0.126. The molecule has 0 saturated carbocycles. The van der Waals surface area contributed by atoms with Gasteiger partial charge >= 0.3 is 0 Å². The first kappa shape index (κ1) is 19.2. The molecule has 152 valence electrons. The minimum atomic E-state index is -0.161. The number of carbonyl (C=O) groups excluding carboxylic acids is 1. The lowest BCUT2D eigenvalue weighted by atomic mass is 9.95. The van der Waals surface area contributed by atoms with Crippen LogP contribution >= 0.6 is 0 Å². The van der Waals surface area contributed by atoms with Crippen LogP contribution in [0.4, 0.5) is 5.82 Å². The zero-order valence-corrected chi connectivity index (χ0v) is 16.7. The molecular formula is C21H25N5O3. The molecule has 4 rings (SSSR count). The van der Waals surface area contributed by atoms with E-state index in [0.29, 0.717) is 49.3 Å². The van der Waals surface area contributed by atoms with Crippen molar-refractivity contribution in [2.75, 3.05) is 18.0 Å². The second-order valence-corrected chi connectivity index (χ2v) is 7.60. The maximum absolute atomic E-state index is 12.7. The van der Waals surface area contributed by atoms with Gasteiger partial charge in [-0.2, -0.15) is 0 Å². The molecule has 8 nitrogen and oxygen atoms in total. The van der Waals surface area contributed by atoms with Crippen molar-refractivity contribution >= 4 is 22.9 Å². The van der Waals surface area contributed by atoms with E-state index < -0.39 is 0 Å². The molecule has 1 amide bonds. The summed E-state index contributed by atoms with van der Waals surface area (Å²) in [4.78, 5) is 36.1. The highest BCUT2D eigenvalue weighted by atomic mass is 16.3. The van der Waals surface area contributed by atoms with Crippen molar-refractivity contribution in [3.8, 4) is 0 Å². The first-order valence-corrected chi connectivity index (χ1v) is 9.92. The van der Waals surface area contributed by atoms with Crippen LogP contribution in [0.5, 0.6) is 0 Å². The Hall–Kier alpha value is -3.16. The van der Waals surface area contributed by atoms with Crippen molar-refractivity contribution in [2.45, 2.75) is 32.2 Å². The topological polar surface area (TPSA) is 93.3 Å². The highest BCUT2D eigenvalue weighted by molar-refractivity contribution is 5.79. The van der Waals surface area contributed by atoms with Crippen LogP contribution in [-0.4, -0.2) is 39.6 Å². The molecule has 0 aromatic carbocycles. The molecule has 1 N–H and O–H groups in total. The van der Waals surface area contributed by atoms with Crippen molar-refractivity contribution in [1.29, 1.82) is 0 Å². The number of carbonyl (C=O) groups is 1. The number of rotatable bonds is 5. The molecular weight excluding hydrogens is 370 g/mol. The Morgan fingerprint density at radius 3 is 2.83 bits per heavy atom. The van der Waals surface area contributed by atoms with Gasteiger partial charge in [0, 0.05) is 44.7 Å². The Labute approximate surface area is 168 Å². The predicted molar refractivity (Wildman–Crippen MR) is 110 cm³/mol. The molecule has 1 aliphatic heterocycles. The average Bonchev–Trinajstić information content (AvgIpc) is 3.23. The van der Waals surface area contributed by atoms with Gasteiger partial charge in [-0.15, -0.1) is 0 Å². The number of hydrogen-bond donors (Lipinski definition) is 1. The van der Waals surface area contributed by atoms with Crippen LogP contribution in [0, 0.1) is 5.92 Å². The molecule has 8 heteroatoms. The fraction of sp³-hybridized carbons (Fsp3) is 0.429. The van der Waals surface area contributed by atoms with E-state index in [2.05, 4.69) is 15.3 Å². The summed E-state index contributed by atoms with van der Waals surface area (Å²) >= 11 is 0. The van der Waals surface area contributed by atoms with Gasteiger partial charge in [0.2, 0.25) is 5.91 Å². The largest absolute Gasteiger partial charge is 0.469 e. The molecule has 29 heavy (non-hydrogen) atoms. The molecule has 3 aromatic rings. The van der Waals surface area contributed by atoms with Crippen LogP contribution in [0.15, 0.2) is 45.9 Å². The number of piperidine rings is 1. The van der Waals surface area contributed by atoms with Crippen molar-refractivity contribution in [3.63, 3.8) is 0 Å². The van der Waals surface area contributed by atoms with Crippen LogP contribution in [-0.2, 0) is 18.3 Å². The van der Waals surface area contributed by atoms with Gasteiger partial charge in [0.1, 0.15) is 11.3 Å². The monoisotopic (exact) mass is 395 g/mol. The van der Waals surface area contributed by atoms with Crippen molar-refractivity contribution in [1.82, 2.24) is 19.9 Å². The smallest absolute Gasteiger partial charge is 0.294 e. The van der Waals surface area contributed by atoms with Gasteiger partial charge in [0.25, 0.3) is 5.56 Å². The lowest BCUT2D eigenvalue weighted by Gasteiger charge is -2.32. The fourth-order valence-corrected chi connectivity index (χ4v) is 3.84. The van der Waals surface area contributed by atoms with Gasteiger partial charge in [0.15, 0.2) is 11.5 Å². The SMILES string of the molecule is CC(Cc1ccco1)NC(=O)C1CCN(c2nc3cccnc3n(C)c2=O)CC1. The Morgan fingerprint density at radius 2 is 2.10 bits per heavy atom. The summed E-state index contributed by atoms with van der Waals surface area (Å²) in [6.45, 7) is 3.23. The van der Waals surface area contributed by atoms with Gasteiger partial charge in [-0.05, 0) is 44.0 Å². The molecule has 1 unspecified atom stereocenters. The summed E-state index contributed by atoms with van der Waals surface area (Å²) in [7, 11) is 1.71. The Bertz CT molecular complexity index is 1050. The maximum atomic E-state index is 12.7. The average molecular weight is 395 g/mol. The van der Waals surface area contributed by atoms with E-state index in [1.807, 2.05) is 36.1 Å². The van der Waals surface area contributed by atoms with E-state index in [9.17, 15) is 9.59 Å². The number of amides is 1. The number of aromatic nitrogens is 3. The van der Waals surface area contributed by atoms with Gasteiger partial charge in [-0.1, -0.05) is 0 Å². The van der Waals surface area contributed by atoms with Crippen LogP contribution in [0.1, 0.15) is 25.5 Å². The highest BCUT2D eigenvalue weighted by Crippen LogP contribution is 2.21. The number of pyridine rings is 1. The molecule has 1 fully saturated rings. The van der Waals surface area contributed by atoms with Gasteiger partial charge in [0.05, 0.1) is 6.26 Å². The second kappa shape index (κ2) is 8.06. The van der Waals surface area contributed by atoms with Gasteiger partial charge < -0.3 is 14.6 Å². The zero-order valence-electron chi connectivity index (χ0n) is 16.7. The Morgan fingerprint density at radius 1 is 1.31 bits per heavy atom. The molecule has 1 saturated heterocycles. The second-order valence-electron chi connectivity index (χ2n) is 7.60. The van der Waals surface area contributed by atoms with Gasteiger partial charge in [-0.25, -0.2) is 9.97 Å². The van der Waals surface area contributed by atoms with E-state index in [1.54, 1.807) is 19.5 Å². The number of hydrogen-bond acceptors (Lipinski definition) is 6. The van der Waals surface area contributed by atoms with Crippen LogP contribution in [0.3, 0.4) is 0 Å². The number of anilines is 1. The first-order valence-electron chi connectivity index (χ1n) is 9.92. The van der Waals surface area contributed by atoms with Crippen LogP contribution in [0.2, 0.25) is 0 Å². The third-order valence-corrected chi connectivity index (χ3v) is 5.45. The Balaban J connectivity index is 1.39. The predicted octanol–water partition coefficient (Wildman–Crippen LogP) is 1.89. The van der Waals surface area contributed by atoms with E-state index in [-0.39, 0.29) is 23.4 Å². The first-order chi connectivity index (χ1) is 14.0. The molecule has 1 atom stereocenters. The number of nitrogens with zero attached hydrogens (tertiary/aromatic N) is 4. The van der Waals surface area contributed by atoms with E-state index in [1.165, 1.54) is 4.57 Å². The lowest BCUT2D eigenvalue weighted by Crippen LogP contribution is -2.45. The van der Waals surface area contributed by atoms with E-state index >= 15 is 0 Å². The van der Waals surface area contributed by atoms with Crippen molar-refractivity contribution in [2.24, 2.45) is 13.0 Å². The van der Waals surface area contributed by atoms with Gasteiger partial charge in [-0.3, -0.25) is 14.2 Å². The Kier molecular flexibility index (Phi) is 5.33. The normalized spacial score (nSPS) is 16.1. The molecule has 4 heterocycles. The van der Waals surface area contributed by atoms with E-state index in [4.69, 9.17) is 4.42 Å². The molecule has 1 aliphatic rings. The summed E-state index contributed by atoms with van der Waals surface area (Å²) in [5, 5.41) is 3.08. The highest BCUT2D eigenvalue weighted by Gasteiger charge is 2.28. The van der Waals surface area contributed by atoms with Crippen molar-refractivity contribution < 1.29 is 9.21 Å². The minimum absolute atomic E-state index is 0.00799. The quantitative estimate of drug-likeness (QED) is 0.709. The summed E-state index contributed by atoms with van der Waals surface area (Å²) < 4.78 is 6.88. The number of fused-ring (bicyclic) bond motifs is 1. The molecule has 0 aliphatic carbocycles. The minimum Gasteiger partial charge on any atom is -0.469 e. The number of nitrogens with one attached hydrogen (secondary N) is 1. The standard InChI is InChI=1S/C21H25N5O3/c1-14(13-16-5-4-12-29-16)23-20(27)15-7-10-26(11-8-15)19-21(28)25(2)18-17(24-19)6-3-9-22-18/h3-6,9,12,14-15H,7-8,10-11,13H2,1-2H3,(H,23,27). The summed E-state index contributed by atoms with van der Waals surface area (Å²) in [6, 6.07) is 7.43. The fourth-order valence-electron chi connectivity index (χ4n) is 3.84. The third-order valence-electron chi connectivity index (χ3n) is 5.45. The number of aryl methyl sites for hydroxylation is 1. The molecule has 3 aromatic heterocycles.